The SMILES string of the molecule is CNCCN(C)C(=O)CN1C(=O)C2CCCCC2C1=O. The van der Waals surface area contributed by atoms with Gasteiger partial charge in [0, 0.05) is 20.1 Å². The van der Waals surface area contributed by atoms with Gasteiger partial charge in [-0.25, -0.2) is 0 Å². The average Bonchev–Trinajstić information content (AvgIpc) is 2.70. The molecule has 0 aromatic rings. The molecule has 2 unspecified atom stereocenters. The summed E-state index contributed by atoms with van der Waals surface area (Å²) in [6.45, 7) is 1.15. The second-order valence-corrected chi connectivity index (χ2v) is 5.68. The first-order valence-corrected chi connectivity index (χ1v) is 7.30. The summed E-state index contributed by atoms with van der Waals surface area (Å²) in [7, 11) is 3.51. The number of hydrogen-bond acceptors (Lipinski definition) is 4. The van der Waals surface area contributed by atoms with Crippen molar-refractivity contribution in [3.05, 3.63) is 0 Å². The van der Waals surface area contributed by atoms with Crippen LogP contribution in [0.3, 0.4) is 0 Å². The number of likely N-dealkylation sites (tertiary alicyclic amines) is 1. The van der Waals surface area contributed by atoms with Gasteiger partial charge in [0.1, 0.15) is 6.54 Å². The van der Waals surface area contributed by atoms with E-state index in [4.69, 9.17) is 0 Å². The fourth-order valence-corrected chi connectivity index (χ4v) is 3.05. The van der Waals surface area contributed by atoms with Crippen molar-refractivity contribution < 1.29 is 14.4 Å². The lowest BCUT2D eigenvalue weighted by atomic mass is 9.81. The molecule has 2 aliphatic rings. The molecule has 1 aliphatic carbocycles. The molecule has 0 aromatic carbocycles. The maximum Gasteiger partial charge on any atom is 0.242 e. The summed E-state index contributed by atoms with van der Waals surface area (Å²) in [5.74, 6) is -0.816. The summed E-state index contributed by atoms with van der Waals surface area (Å²) >= 11 is 0. The van der Waals surface area contributed by atoms with Crippen molar-refractivity contribution in [2.75, 3.05) is 33.7 Å². The number of nitrogens with zero attached hydrogens (tertiary/aromatic N) is 2. The maximum atomic E-state index is 12.2. The summed E-state index contributed by atoms with van der Waals surface area (Å²) in [4.78, 5) is 39.3. The van der Waals surface area contributed by atoms with Gasteiger partial charge in [-0.2, -0.15) is 0 Å². The Balaban J connectivity index is 1.97. The molecular weight excluding hydrogens is 258 g/mol. The van der Waals surface area contributed by atoms with Crippen molar-refractivity contribution >= 4 is 17.7 Å². The van der Waals surface area contributed by atoms with Gasteiger partial charge in [-0.3, -0.25) is 19.3 Å². The van der Waals surface area contributed by atoms with Gasteiger partial charge in [-0.15, -0.1) is 0 Å². The molecule has 112 valence electrons. The van der Waals surface area contributed by atoms with E-state index in [1.54, 1.807) is 11.9 Å². The van der Waals surface area contributed by atoms with Gasteiger partial charge < -0.3 is 10.2 Å². The molecule has 0 radical (unpaired) electrons. The number of nitrogens with one attached hydrogen (secondary N) is 1. The van der Waals surface area contributed by atoms with Crippen LogP contribution in [0, 0.1) is 11.8 Å². The monoisotopic (exact) mass is 281 g/mol. The molecule has 0 spiro atoms. The smallest absolute Gasteiger partial charge is 0.242 e. The molecule has 0 aromatic heterocycles. The van der Waals surface area contributed by atoms with Gasteiger partial charge >= 0.3 is 0 Å². The molecule has 6 heteroatoms. The highest BCUT2D eigenvalue weighted by molar-refractivity contribution is 6.07. The van der Waals surface area contributed by atoms with Gasteiger partial charge in [0.15, 0.2) is 0 Å². The Kier molecular flexibility index (Phi) is 4.75. The van der Waals surface area contributed by atoms with E-state index < -0.39 is 0 Å². The van der Waals surface area contributed by atoms with E-state index in [0.29, 0.717) is 13.1 Å². The standard InChI is InChI=1S/C14H23N3O3/c1-15-7-8-16(2)12(18)9-17-13(19)10-5-3-4-6-11(10)14(17)20/h10-11,15H,3-9H2,1-2H3. The fraction of sp³-hybridized carbons (Fsp3) is 0.786. The molecular formula is C14H23N3O3. The number of carbonyl (C=O) groups is 3. The van der Waals surface area contributed by atoms with Crippen LogP contribution in [0.15, 0.2) is 0 Å². The molecule has 6 nitrogen and oxygen atoms in total. The van der Waals surface area contributed by atoms with Gasteiger partial charge in [0.25, 0.3) is 0 Å². The van der Waals surface area contributed by atoms with Crippen LogP contribution in [-0.4, -0.2) is 61.3 Å². The predicted molar refractivity (Wildman–Crippen MR) is 73.7 cm³/mol. The first-order chi connectivity index (χ1) is 9.56. The van der Waals surface area contributed by atoms with Crippen LogP contribution >= 0.6 is 0 Å². The molecule has 1 aliphatic heterocycles. The van der Waals surface area contributed by atoms with E-state index in [0.717, 1.165) is 25.7 Å². The average molecular weight is 281 g/mol. The first kappa shape index (κ1) is 15.0. The van der Waals surface area contributed by atoms with Crippen molar-refractivity contribution in [3.63, 3.8) is 0 Å². The highest BCUT2D eigenvalue weighted by atomic mass is 16.2. The second-order valence-electron chi connectivity index (χ2n) is 5.68. The lowest BCUT2D eigenvalue weighted by molar-refractivity contribution is -0.146. The largest absolute Gasteiger partial charge is 0.343 e. The van der Waals surface area contributed by atoms with Crippen molar-refractivity contribution in [2.24, 2.45) is 11.8 Å². The first-order valence-electron chi connectivity index (χ1n) is 7.30. The number of fused-ring (bicyclic) bond motifs is 1. The van der Waals surface area contributed by atoms with Crippen LogP contribution in [-0.2, 0) is 14.4 Å². The Bertz CT molecular complexity index is 386. The van der Waals surface area contributed by atoms with Crippen molar-refractivity contribution in [1.29, 1.82) is 0 Å². The molecule has 3 amide bonds. The van der Waals surface area contributed by atoms with E-state index in [1.165, 1.54) is 4.90 Å². The molecule has 1 N–H and O–H groups in total. The van der Waals surface area contributed by atoms with Gasteiger partial charge in [-0.05, 0) is 19.9 Å². The Hall–Kier alpha value is -1.43. The number of carbonyl (C=O) groups excluding carboxylic acids is 3. The molecule has 1 heterocycles. The Labute approximate surface area is 119 Å². The van der Waals surface area contributed by atoms with E-state index in [1.807, 2.05) is 7.05 Å². The van der Waals surface area contributed by atoms with E-state index >= 15 is 0 Å². The zero-order chi connectivity index (χ0) is 14.7. The van der Waals surface area contributed by atoms with Crippen LogP contribution in [0.1, 0.15) is 25.7 Å². The van der Waals surface area contributed by atoms with Crippen molar-refractivity contribution in [1.82, 2.24) is 15.1 Å². The van der Waals surface area contributed by atoms with Crippen LogP contribution in [0.5, 0.6) is 0 Å². The second kappa shape index (κ2) is 6.35. The molecule has 2 rings (SSSR count). The van der Waals surface area contributed by atoms with Gasteiger partial charge in [0.2, 0.25) is 17.7 Å². The minimum atomic E-state index is -0.180. The Morgan fingerprint density at radius 3 is 2.30 bits per heavy atom. The van der Waals surface area contributed by atoms with Crippen LogP contribution in [0.25, 0.3) is 0 Å². The lowest BCUT2D eigenvalue weighted by Crippen LogP contribution is -2.43. The zero-order valence-electron chi connectivity index (χ0n) is 12.2. The summed E-state index contributed by atoms with van der Waals surface area (Å²) in [6.07, 6.45) is 3.58. The summed E-state index contributed by atoms with van der Waals surface area (Å²) in [6, 6.07) is 0. The minimum absolute atomic E-state index is 0.106. The quantitative estimate of drug-likeness (QED) is 0.711. The normalized spacial score (nSPS) is 25.8. The van der Waals surface area contributed by atoms with E-state index in [2.05, 4.69) is 5.32 Å². The summed E-state index contributed by atoms with van der Waals surface area (Å²) in [5, 5.41) is 2.96. The van der Waals surface area contributed by atoms with Crippen LogP contribution in [0.2, 0.25) is 0 Å². The molecule has 20 heavy (non-hydrogen) atoms. The van der Waals surface area contributed by atoms with E-state index in [-0.39, 0.29) is 36.1 Å². The number of hydrogen-bond donors (Lipinski definition) is 1. The number of rotatable bonds is 5. The van der Waals surface area contributed by atoms with Gasteiger partial charge in [0.05, 0.1) is 11.8 Å². The molecule has 1 saturated heterocycles. The van der Waals surface area contributed by atoms with Crippen LogP contribution < -0.4 is 5.32 Å². The fourth-order valence-electron chi connectivity index (χ4n) is 3.05. The van der Waals surface area contributed by atoms with Crippen LogP contribution in [0.4, 0.5) is 0 Å². The zero-order valence-corrected chi connectivity index (χ0v) is 12.2. The topological polar surface area (TPSA) is 69.7 Å². The third kappa shape index (κ3) is 2.85. The minimum Gasteiger partial charge on any atom is -0.343 e. The third-order valence-corrected chi connectivity index (χ3v) is 4.35. The maximum absolute atomic E-state index is 12.2. The number of amides is 3. The number of likely N-dealkylation sites (N-methyl/N-ethyl adjacent to an activating group) is 2. The van der Waals surface area contributed by atoms with E-state index in [9.17, 15) is 14.4 Å². The lowest BCUT2D eigenvalue weighted by Gasteiger charge is -2.20. The highest BCUT2D eigenvalue weighted by Crippen LogP contribution is 2.37. The van der Waals surface area contributed by atoms with Crippen molar-refractivity contribution in [2.45, 2.75) is 25.7 Å². The van der Waals surface area contributed by atoms with Crippen molar-refractivity contribution in [3.8, 4) is 0 Å². The van der Waals surface area contributed by atoms with Gasteiger partial charge in [-0.1, -0.05) is 12.8 Å². The summed E-state index contributed by atoms with van der Waals surface area (Å²) < 4.78 is 0. The molecule has 0 bridgehead atoms. The molecule has 2 fully saturated rings. The summed E-state index contributed by atoms with van der Waals surface area (Å²) in [5.41, 5.74) is 0. The number of imide groups is 1. The third-order valence-electron chi connectivity index (χ3n) is 4.35. The molecule has 1 saturated carbocycles. The molecule has 2 atom stereocenters. The Morgan fingerprint density at radius 2 is 1.80 bits per heavy atom. The Morgan fingerprint density at radius 1 is 1.25 bits per heavy atom. The highest BCUT2D eigenvalue weighted by Gasteiger charge is 2.48. The predicted octanol–water partition coefficient (Wildman–Crippen LogP) is -0.161.